The Balaban J connectivity index is 2.12. The molecule has 0 heterocycles. The fraction of sp³-hybridized carbons (Fsp3) is 0.300. The van der Waals surface area contributed by atoms with Crippen LogP contribution < -0.4 is 14.9 Å². The first-order valence-electron chi connectivity index (χ1n) is 8.54. The van der Waals surface area contributed by atoms with Crippen molar-refractivity contribution in [2.75, 3.05) is 13.2 Å². The Kier molecular flexibility index (Phi) is 7.90. The van der Waals surface area contributed by atoms with E-state index in [-0.39, 0.29) is 5.91 Å². The van der Waals surface area contributed by atoms with Crippen molar-refractivity contribution in [3.8, 4) is 11.5 Å². The summed E-state index contributed by atoms with van der Waals surface area (Å²) in [5, 5.41) is 4.06. The fourth-order valence-electron chi connectivity index (χ4n) is 2.29. The van der Waals surface area contributed by atoms with E-state index in [9.17, 15) is 4.79 Å². The summed E-state index contributed by atoms with van der Waals surface area (Å²) in [6.07, 6.45) is 2.53. The molecule has 1 N–H and O–H groups in total. The molecule has 0 aliphatic heterocycles. The molecule has 26 heavy (non-hydrogen) atoms. The van der Waals surface area contributed by atoms with E-state index in [0.717, 1.165) is 26.9 Å². The number of carbonyl (C=O) groups excluding carboxylic acids is 1. The summed E-state index contributed by atoms with van der Waals surface area (Å²) in [5.74, 6) is 1.18. The average Bonchev–Trinajstić information content (AvgIpc) is 2.61. The maximum atomic E-state index is 12.1. The van der Waals surface area contributed by atoms with Gasteiger partial charge in [-0.2, -0.15) is 5.10 Å². The first-order chi connectivity index (χ1) is 12.5. The molecule has 0 atom stereocenters. The van der Waals surface area contributed by atoms with Gasteiger partial charge in [0, 0.05) is 5.56 Å². The molecule has 0 saturated heterocycles. The largest absolute Gasteiger partial charge is 0.490 e. The van der Waals surface area contributed by atoms with Gasteiger partial charge in [-0.15, -0.1) is 0 Å². The highest BCUT2D eigenvalue weighted by molar-refractivity contribution is 14.1. The normalized spacial score (nSPS) is 10.8. The van der Waals surface area contributed by atoms with Gasteiger partial charge in [-0.1, -0.05) is 24.6 Å². The molecule has 0 unspecified atom stereocenters. The standard InChI is InChI=1S/C20H23IN2O3/c1-4-9-26-19-17(21)11-15(12-18(19)25-5-2)13-22-23-20(24)16-8-6-7-14(3)10-16/h6-8,10-13H,4-5,9H2,1-3H3,(H,23,24)/b22-13+. The summed E-state index contributed by atoms with van der Waals surface area (Å²) in [7, 11) is 0. The molecule has 0 saturated carbocycles. The van der Waals surface area contributed by atoms with Crippen molar-refractivity contribution < 1.29 is 14.3 Å². The number of nitrogens with one attached hydrogen (secondary N) is 1. The number of benzene rings is 2. The van der Waals surface area contributed by atoms with Crippen molar-refractivity contribution in [3.05, 3.63) is 56.7 Å². The van der Waals surface area contributed by atoms with Crippen LogP contribution in [0.5, 0.6) is 11.5 Å². The number of amides is 1. The van der Waals surface area contributed by atoms with E-state index in [0.29, 0.717) is 24.5 Å². The lowest BCUT2D eigenvalue weighted by molar-refractivity contribution is 0.0955. The summed E-state index contributed by atoms with van der Waals surface area (Å²) in [6, 6.07) is 11.2. The van der Waals surface area contributed by atoms with Gasteiger partial charge in [0.15, 0.2) is 11.5 Å². The predicted molar refractivity (Wildman–Crippen MR) is 112 cm³/mol. The Morgan fingerprint density at radius 2 is 2.04 bits per heavy atom. The third-order valence-electron chi connectivity index (χ3n) is 3.44. The quantitative estimate of drug-likeness (QED) is 0.353. The second-order valence-electron chi connectivity index (χ2n) is 5.68. The van der Waals surface area contributed by atoms with E-state index in [2.05, 4.69) is 40.0 Å². The van der Waals surface area contributed by atoms with Gasteiger partial charge in [-0.3, -0.25) is 4.79 Å². The van der Waals surface area contributed by atoms with Crippen LogP contribution in [0.2, 0.25) is 0 Å². The molecule has 2 aromatic rings. The molecular formula is C20H23IN2O3. The number of aryl methyl sites for hydroxylation is 1. The van der Waals surface area contributed by atoms with Gasteiger partial charge in [0.1, 0.15) is 0 Å². The lowest BCUT2D eigenvalue weighted by atomic mass is 10.1. The van der Waals surface area contributed by atoms with E-state index >= 15 is 0 Å². The van der Waals surface area contributed by atoms with Crippen LogP contribution in [0.3, 0.4) is 0 Å². The number of halogens is 1. The lowest BCUT2D eigenvalue weighted by Crippen LogP contribution is -2.17. The number of hydrazone groups is 1. The molecule has 5 nitrogen and oxygen atoms in total. The first kappa shape index (κ1) is 20.2. The molecule has 0 fully saturated rings. The third-order valence-corrected chi connectivity index (χ3v) is 4.24. The van der Waals surface area contributed by atoms with Crippen molar-refractivity contribution >= 4 is 34.7 Å². The second kappa shape index (κ2) is 10.2. The fourth-order valence-corrected chi connectivity index (χ4v) is 3.07. The molecule has 138 valence electrons. The molecule has 2 rings (SSSR count). The average molecular weight is 466 g/mol. The molecule has 0 radical (unpaired) electrons. The smallest absolute Gasteiger partial charge is 0.271 e. The summed E-state index contributed by atoms with van der Waals surface area (Å²) in [5.41, 5.74) is 4.98. The molecule has 2 aromatic carbocycles. The Bertz CT molecular complexity index is 791. The highest BCUT2D eigenvalue weighted by Gasteiger charge is 2.11. The van der Waals surface area contributed by atoms with Crippen LogP contribution in [0.25, 0.3) is 0 Å². The van der Waals surface area contributed by atoms with Crippen LogP contribution >= 0.6 is 22.6 Å². The zero-order chi connectivity index (χ0) is 18.9. The highest BCUT2D eigenvalue weighted by atomic mass is 127. The minimum absolute atomic E-state index is 0.243. The molecular weight excluding hydrogens is 443 g/mol. The summed E-state index contributed by atoms with van der Waals surface area (Å²) in [4.78, 5) is 12.1. The number of rotatable bonds is 8. The minimum Gasteiger partial charge on any atom is -0.490 e. The van der Waals surface area contributed by atoms with Crippen LogP contribution in [0.15, 0.2) is 41.5 Å². The van der Waals surface area contributed by atoms with E-state index in [4.69, 9.17) is 9.47 Å². The van der Waals surface area contributed by atoms with Crippen molar-refractivity contribution in [2.24, 2.45) is 5.10 Å². The maximum absolute atomic E-state index is 12.1. The zero-order valence-electron chi connectivity index (χ0n) is 15.2. The van der Waals surface area contributed by atoms with Crippen LogP contribution in [0, 0.1) is 10.5 Å². The maximum Gasteiger partial charge on any atom is 0.271 e. The monoisotopic (exact) mass is 466 g/mol. The van der Waals surface area contributed by atoms with E-state index in [1.54, 1.807) is 12.3 Å². The van der Waals surface area contributed by atoms with Crippen LogP contribution in [-0.2, 0) is 0 Å². The molecule has 1 amide bonds. The summed E-state index contributed by atoms with van der Waals surface area (Å²) < 4.78 is 12.4. The van der Waals surface area contributed by atoms with Gasteiger partial charge in [-0.05, 0) is 72.7 Å². The van der Waals surface area contributed by atoms with Crippen LogP contribution in [-0.4, -0.2) is 25.3 Å². The van der Waals surface area contributed by atoms with Gasteiger partial charge in [-0.25, -0.2) is 5.43 Å². The molecule has 0 spiro atoms. The van der Waals surface area contributed by atoms with Gasteiger partial charge < -0.3 is 9.47 Å². The summed E-state index contributed by atoms with van der Waals surface area (Å²) in [6.45, 7) is 7.11. The highest BCUT2D eigenvalue weighted by Crippen LogP contribution is 2.34. The number of hydrogen-bond donors (Lipinski definition) is 1. The number of nitrogens with zero attached hydrogens (tertiary/aromatic N) is 1. The minimum atomic E-state index is -0.243. The first-order valence-corrected chi connectivity index (χ1v) is 9.62. The van der Waals surface area contributed by atoms with Crippen molar-refractivity contribution in [1.29, 1.82) is 0 Å². The Labute approximate surface area is 167 Å². The molecule has 0 aliphatic rings. The van der Waals surface area contributed by atoms with E-state index < -0.39 is 0 Å². The predicted octanol–water partition coefficient (Wildman–Crippen LogP) is 4.55. The van der Waals surface area contributed by atoms with Gasteiger partial charge in [0.05, 0.1) is 23.0 Å². The second-order valence-corrected chi connectivity index (χ2v) is 6.84. The lowest BCUT2D eigenvalue weighted by Gasteiger charge is -2.14. The van der Waals surface area contributed by atoms with Crippen LogP contribution in [0.4, 0.5) is 0 Å². The van der Waals surface area contributed by atoms with E-state index in [1.807, 2.05) is 44.2 Å². The molecule has 0 aromatic heterocycles. The number of ether oxygens (including phenoxy) is 2. The SMILES string of the molecule is CCCOc1c(I)cc(/C=N/NC(=O)c2cccc(C)c2)cc1OCC. The van der Waals surface area contributed by atoms with Gasteiger partial charge >= 0.3 is 0 Å². The van der Waals surface area contributed by atoms with Gasteiger partial charge in [0.2, 0.25) is 0 Å². The van der Waals surface area contributed by atoms with Crippen LogP contribution in [0.1, 0.15) is 41.8 Å². The topological polar surface area (TPSA) is 59.9 Å². The third kappa shape index (κ3) is 5.72. The van der Waals surface area contributed by atoms with E-state index in [1.165, 1.54) is 0 Å². The van der Waals surface area contributed by atoms with Crippen molar-refractivity contribution in [3.63, 3.8) is 0 Å². The number of carbonyl (C=O) groups is 1. The Morgan fingerprint density at radius 3 is 2.73 bits per heavy atom. The Morgan fingerprint density at radius 1 is 1.23 bits per heavy atom. The zero-order valence-corrected chi connectivity index (χ0v) is 17.4. The molecule has 0 aliphatic carbocycles. The Hall–Kier alpha value is -2.09. The molecule has 0 bridgehead atoms. The van der Waals surface area contributed by atoms with Crippen molar-refractivity contribution in [2.45, 2.75) is 27.2 Å². The molecule has 6 heteroatoms. The van der Waals surface area contributed by atoms with Gasteiger partial charge in [0.25, 0.3) is 5.91 Å². The number of hydrogen-bond acceptors (Lipinski definition) is 4. The summed E-state index contributed by atoms with van der Waals surface area (Å²) >= 11 is 2.22. The van der Waals surface area contributed by atoms with Crippen molar-refractivity contribution in [1.82, 2.24) is 5.43 Å².